The quantitative estimate of drug-likeness (QED) is 0.202. The van der Waals surface area contributed by atoms with E-state index in [0.29, 0.717) is 22.6 Å². The summed E-state index contributed by atoms with van der Waals surface area (Å²) in [5.74, 6) is 1.55. The normalized spacial score (nSPS) is 10.9. The molecule has 0 spiro atoms. The van der Waals surface area contributed by atoms with Gasteiger partial charge in [-0.15, -0.1) is 0 Å². The van der Waals surface area contributed by atoms with E-state index < -0.39 is 0 Å². The molecule has 0 heterocycles. The minimum absolute atomic E-state index is 0.0469. The fourth-order valence-corrected chi connectivity index (χ4v) is 2.73. The second-order valence-electron chi connectivity index (χ2n) is 6.61. The number of ether oxygens (including phenoxy) is 9. The molecule has 0 fully saturated rings. The maximum Gasteiger partial charge on any atom is 0.206 e. The van der Waals surface area contributed by atoms with Gasteiger partial charge in [0.2, 0.25) is 5.75 Å². The van der Waals surface area contributed by atoms with Gasteiger partial charge in [0.05, 0.1) is 7.11 Å². The second kappa shape index (κ2) is 14.8. The smallest absolute Gasteiger partial charge is 0.206 e. The van der Waals surface area contributed by atoms with Crippen LogP contribution in [0.5, 0.6) is 28.7 Å². The van der Waals surface area contributed by atoms with E-state index in [-0.39, 0.29) is 50.2 Å². The van der Waals surface area contributed by atoms with Gasteiger partial charge in [-0.1, -0.05) is 0 Å². The van der Waals surface area contributed by atoms with Crippen LogP contribution >= 0.6 is 0 Å². The van der Waals surface area contributed by atoms with Crippen molar-refractivity contribution >= 4 is 11.9 Å². The fourth-order valence-electron chi connectivity index (χ4n) is 2.73. The first-order valence-corrected chi connectivity index (χ1v) is 10.1. The first kappa shape index (κ1) is 26.9. The minimum atomic E-state index is -0.309. The highest BCUT2D eigenvalue weighted by Gasteiger charge is 2.18. The molecular weight excluding hydrogens is 448 g/mol. The number of hydrogen-bond acceptors (Lipinski definition) is 10. The molecule has 0 saturated heterocycles. The fraction of sp³-hybridized carbons (Fsp3) is 0.375. The molecule has 0 saturated carbocycles. The lowest BCUT2D eigenvalue weighted by atomic mass is 10.1. The van der Waals surface area contributed by atoms with Crippen molar-refractivity contribution < 1.29 is 47.4 Å². The van der Waals surface area contributed by atoms with Gasteiger partial charge < -0.3 is 42.6 Å². The lowest BCUT2D eigenvalue weighted by Crippen LogP contribution is -2.09. The lowest BCUT2D eigenvalue weighted by Gasteiger charge is -2.17. The van der Waals surface area contributed by atoms with E-state index in [1.807, 2.05) is 0 Å². The number of carbonyl (C=O) groups excluding carboxylic acids is 1. The van der Waals surface area contributed by atoms with Crippen LogP contribution in [0.4, 0.5) is 0 Å². The van der Waals surface area contributed by atoms with Gasteiger partial charge in [-0.2, -0.15) is 0 Å². The summed E-state index contributed by atoms with van der Waals surface area (Å²) in [5, 5.41) is 0. The molecule has 0 bridgehead atoms. The first-order valence-electron chi connectivity index (χ1n) is 10.1. The molecule has 0 aliphatic heterocycles. The molecule has 2 aromatic rings. The maximum absolute atomic E-state index is 13.0. The molecule has 0 unspecified atom stereocenters. The van der Waals surface area contributed by atoms with Crippen LogP contribution in [-0.2, 0) is 18.9 Å². The van der Waals surface area contributed by atoms with Gasteiger partial charge in [-0.05, 0) is 36.4 Å². The molecule has 0 aromatic heterocycles. The first-order chi connectivity index (χ1) is 16.6. The summed E-state index contributed by atoms with van der Waals surface area (Å²) in [4.78, 5) is 13.0. The third-order valence-corrected chi connectivity index (χ3v) is 4.26. The van der Waals surface area contributed by atoms with Crippen LogP contribution in [0.3, 0.4) is 0 Å². The molecule has 10 heteroatoms. The van der Waals surface area contributed by atoms with Gasteiger partial charge >= 0.3 is 0 Å². The Kier molecular flexibility index (Phi) is 11.7. The topological polar surface area (TPSA) is 100 Å². The molecular formula is C24H30O10. The van der Waals surface area contributed by atoms with Gasteiger partial charge in [0.1, 0.15) is 11.5 Å². The van der Waals surface area contributed by atoms with Crippen LogP contribution in [0, 0.1) is 0 Å². The van der Waals surface area contributed by atoms with Crippen LogP contribution in [0.15, 0.2) is 36.4 Å². The van der Waals surface area contributed by atoms with E-state index in [1.165, 1.54) is 46.6 Å². The molecule has 0 amide bonds. The lowest BCUT2D eigenvalue weighted by molar-refractivity contribution is 0.0217. The molecule has 2 rings (SSSR count). The van der Waals surface area contributed by atoms with E-state index in [0.717, 1.165) is 0 Å². The number of methoxy groups -OCH3 is 5. The highest BCUT2D eigenvalue weighted by atomic mass is 16.7. The van der Waals surface area contributed by atoms with E-state index in [1.54, 1.807) is 31.4 Å². The average Bonchev–Trinajstić information content (AvgIpc) is 2.86. The van der Waals surface area contributed by atoms with Crippen molar-refractivity contribution in [3.63, 3.8) is 0 Å². The Hall–Kier alpha value is -3.31. The van der Waals surface area contributed by atoms with Gasteiger partial charge in [-0.25, -0.2) is 0 Å². The van der Waals surface area contributed by atoms with Crippen molar-refractivity contribution in [2.45, 2.75) is 0 Å². The standard InChI is InChI=1S/C24H30O10/c1-26-13-31-21-12-19(30-5)8-6-17(21)7-9-20(25)18-10-22(32-14-27-2)24(34-16-29-4)23(11-18)33-15-28-3/h6-12H,13-16H2,1-5H3/b9-7+. The number of carbonyl (C=O) groups is 1. The van der Waals surface area contributed by atoms with Crippen molar-refractivity contribution in [2.75, 3.05) is 62.7 Å². The minimum Gasteiger partial charge on any atom is -0.497 e. The van der Waals surface area contributed by atoms with E-state index in [2.05, 4.69) is 0 Å². The summed E-state index contributed by atoms with van der Waals surface area (Å²) in [6.45, 7) is -0.133. The molecule has 186 valence electrons. The molecule has 0 aliphatic carbocycles. The van der Waals surface area contributed by atoms with Gasteiger partial charge in [0.15, 0.2) is 44.5 Å². The van der Waals surface area contributed by atoms with Gasteiger partial charge in [-0.3, -0.25) is 4.79 Å². The van der Waals surface area contributed by atoms with Crippen molar-refractivity contribution in [3.8, 4) is 28.7 Å². The predicted molar refractivity (Wildman–Crippen MR) is 123 cm³/mol. The van der Waals surface area contributed by atoms with Crippen LogP contribution in [0.2, 0.25) is 0 Å². The monoisotopic (exact) mass is 478 g/mol. The van der Waals surface area contributed by atoms with Gasteiger partial charge in [0, 0.05) is 45.6 Å². The Bertz CT molecular complexity index is 912. The molecule has 0 radical (unpaired) electrons. The predicted octanol–water partition coefficient (Wildman–Crippen LogP) is 3.52. The number of hydrogen-bond donors (Lipinski definition) is 0. The Labute approximate surface area is 198 Å². The zero-order chi connectivity index (χ0) is 24.8. The summed E-state index contributed by atoms with van der Waals surface area (Å²) in [5.41, 5.74) is 0.962. The third kappa shape index (κ3) is 7.92. The van der Waals surface area contributed by atoms with E-state index in [9.17, 15) is 4.79 Å². The van der Waals surface area contributed by atoms with Crippen LogP contribution < -0.4 is 23.7 Å². The Morgan fingerprint density at radius 3 is 1.76 bits per heavy atom. The molecule has 10 nitrogen and oxygen atoms in total. The third-order valence-electron chi connectivity index (χ3n) is 4.26. The highest BCUT2D eigenvalue weighted by molar-refractivity contribution is 6.07. The van der Waals surface area contributed by atoms with Crippen molar-refractivity contribution in [1.29, 1.82) is 0 Å². The van der Waals surface area contributed by atoms with E-state index >= 15 is 0 Å². The SMILES string of the molecule is COCOc1cc(OC)ccc1/C=C/C(=O)c1cc(OCOC)c(OCOC)c(OCOC)c1. The summed E-state index contributed by atoms with van der Waals surface area (Å²) >= 11 is 0. The second-order valence-corrected chi connectivity index (χ2v) is 6.61. The largest absolute Gasteiger partial charge is 0.497 e. The number of ketones is 1. The average molecular weight is 478 g/mol. The van der Waals surface area contributed by atoms with E-state index in [4.69, 9.17) is 42.6 Å². The van der Waals surface area contributed by atoms with Crippen molar-refractivity contribution in [1.82, 2.24) is 0 Å². The van der Waals surface area contributed by atoms with Crippen LogP contribution in [0.25, 0.3) is 6.08 Å². The highest BCUT2D eigenvalue weighted by Crippen LogP contribution is 2.39. The Morgan fingerprint density at radius 2 is 1.24 bits per heavy atom. The zero-order valence-corrected chi connectivity index (χ0v) is 20.0. The summed E-state index contributed by atoms with van der Waals surface area (Å²) in [6, 6.07) is 8.31. The zero-order valence-electron chi connectivity index (χ0n) is 20.0. The van der Waals surface area contributed by atoms with Crippen molar-refractivity contribution in [3.05, 3.63) is 47.5 Å². The Balaban J connectivity index is 2.39. The summed E-state index contributed by atoms with van der Waals surface area (Å²) < 4.78 is 47.5. The summed E-state index contributed by atoms with van der Waals surface area (Å²) in [7, 11) is 7.52. The molecule has 2 aromatic carbocycles. The Morgan fingerprint density at radius 1 is 0.706 bits per heavy atom. The van der Waals surface area contributed by atoms with Crippen molar-refractivity contribution in [2.24, 2.45) is 0 Å². The van der Waals surface area contributed by atoms with Gasteiger partial charge in [0.25, 0.3) is 0 Å². The number of allylic oxidation sites excluding steroid dienone is 1. The van der Waals surface area contributed by atoms with Crippen LogP contribution in [-0.4, -0.2) is 68.5 Å². The molecule has 0 atom stereocenters. The molecule has 0 N–H and O–H groups in total. The summed E-state index contributed by atoms with van der Waals surface area (Å²) in [6.07, 6.45) is 3.04. The maximum atomic E-state index is 13.0. The number of rotatable bonds is 16. The number of benzene rings is 2. The molecule has 34 heavy (non-hydrogen) atoms. The molecule has 0 aliphatic rings. The van der Waals surface area contributed by atoms with Crippen LogP contribution in [0.1, 0.15) is 15.9 Å².